The summed E-state index contributed by atoms with van der Waals surface area (Å²) in [5, 5.41) is 8.15. The maximum Gasteiger partial charge on any atom is -0.00961 e. The second-order valence-electron chi connectivity index (χ2n) is 14.4. The van der Waals surface area contributed by atoms with Gasteiger partial charge in [-0.1, -0.05) is 204 Å². The summed E-state index contributed by atoms with van der Waals surface area (Å²) in [4.78, 5) is 0. The van der Waals surface area contributed by atoms with Gasteiger partial charge in [-0.15, -0.1) is 0 Å². The van der Waals surface area contributed by atoms with E-state index in [1.54, 1.807) is 0 Å². The normalized spacial score (nSPS) is 10.2. The van der Waals surface area contributed by atoms with Gasteiger partial charge in [-0.05, 0) is 118 Å². The number of hydrogen-bond acceptors (Lipinski definition) is 0. The average molecular weight is 695 g/mol. The number of fused-ring (bicyclic) bond motifs is 5. The van der Waals surface area contributed by atoms with E-state index < -0.39 is 0 Å². The summed E-state index contributed by atoms with van der Waals surface area (Å²) in [7, 11) is 0. The fourth-order valence-corrected chi connectivity index (χ4v) is 6.05. The Morgan fingerprint density at radius 3 is 0.736 bits per heavy atom. The Labute approximate surface area is 320 Å². The van der Waals surface area contributed by atoms with Crippen LogP contribution in [0.15, 0.2) is 158 Å². The van der Waals surface area contributed by atoms with Crippen LogP contribution in [0.1, 0.15) is 62.6 Å². The first kappa shape index (κ1) is 40.3. The third-order valence-electron chi connectivity index (χ3n) is 9.48. The molecule has 0 unspecified atom stereocenters. The highest BCUT2D eigenvalue weighted by atomic mass is 14.1. The summed E-state index contributed by atoms with van der Waals surface area (Å²) >= 11 is 0. The Balaban J connectivity index is 0.000000161. The van der Waals surface area contributed by atoms with E-state index in [0.29, 0.717) is 0 Å². The molecule has 0 radical (unpaired) electrons. The largest absolute Gasteiger partial charge is 0.0616 e. The van der Waals surface area contributed by atoms with E-state index >= 15 is 0 Å². The Kier molecular flexibility index (Phi) is 15.2. The molecule has 0 heterocycles. The van der Waals surface area contributed by atoms with Crippen LogP contribution in [0.25, 0.3) is 32.3 Å². The minimum absolute atomic E-state index is 1.14. The standard InChI is InChI=1S/C20H16.C9H12.3C8H10/c1-13-11-19-18-10-6-4-8-16(18)14(2)12-20(19)17-9-5-3-7-15(13)17;1-3-9-6-4-8(2)5-7-9;3*1-7-3-5-8(2)6-4-7/h3-12H,1-2H3;4-7H,3H2,1-2H3;3*3-6H,1-2H3. The van der Waals surface area contributed by atoms with E-state index in [0.717, 1.165) is 6.42 Å². The zero-order chi connectivity index (χ0) is 38.3. The van der Waals surface area contributed by atoms with Gasteiger partial charge in [0.05, 0.1) is 0 Å². The Morgan fingerprint density at radius 2 is 0.491 bits per heavy atom. The lowest BCUT2D eigenvalue weighted by molar-refractivity contribution is 1.14. The van der Waals surface area contributed by atoms with Crippen LogP contribution in [-0.4, -0.2) is 0 Å². The van der Waals surface area contributed by atoms with Crippen LogP contribution in [0, 0.1) is 62.3 Å². The van der Waals surface area contributed by atoms with Crippen molar-refractivity contribution in [3.63, 3.8) is 0 Å². The highest BCUT2D eigenvalue weighted by molar-refractivity contribution is 6.18. The molecule has 0 bridgehead atoms. The second kappa shape index (κ2) is 20.0. The molecule has 8 aromatic carbocycles. The van der Waals surface area contributed by atoms with Gasteiger partial charge in [0.15, 0.2) is 0 Å². The van der Waals surface area contributed by atoms with Crippen LogP contribution in [-0.2, 0) is 6.42 Å². The van der Waals surface area contributed by atoms with Gasteiger partial charge in [-0.3, -0.25) is 0 Å². The summed E-state index contributed by atoms with van der Waals surface area (Å²) in [6.45, 7) is 21.3. The fraction of sp³-hybridized carbons (Fsp3) is 0.208. The van der Waals surface area contributed by atoms with Crippen molar-refractivity contribution >= 4 is 32.3 Å². The molecule has 270 valence electrons. The van der Waals surface area contributed by atoms with E-state index in [9.17, 15) is 0 Å². The molecule has 0 saturated heterocycles. The van der Waals surface area contributed by atoms with E-state index in [1.807, 2.05) is 0 Å². The lowest BCUT2D eigenvalue weighted by Crippen LogP contribution is -1.86. The Morgan fingerprint density at radius 1 is 0.264 bits per heavy atom. The first-order chi connectivity index (χ1) is 25.4. The topological polar surface area (TPSA) is 0 Å². The highest BCUT2D eigenvalue weighted by Crippen LogP contribution is 2.34. The molecule has 53 heavy (non-hydrogen) atoms. The molecule has 0 aliphatic rings. The van der Waals surface area contributed by atoms with Crippen LogP contribution in [0.3, 0.4) is 0 Å². The van der Waals surface area contributed by atoms with Crippen molar-refractivity contribution in [3.8, 4) is 0 Å². The van der Waals surface area contributed by atoms with Crippen LogP contribution < -0.4 is 0 Å². The molecule has 0 aliphatic heterocycles. The summed E-state index contributed by atoms with van der Waals surface area (Å²) in [5.41, 5.74) is 13.4. The molecule has 0 N–H and O–H groups in total. The molecule has 0 atom stereocenters. The predicted octanol–water partition coefficient (Wildman–Crippen LogP) is 15.2. The van der Waals surface area contributed by atoms with E-state index in [-0.39, 0.29) is 0 Å². The maximum absolute atomic E-state index is 2.33. The molecule has 0 heteroatoms. The first-order valence-electron chi connectivity index (χ1n) is 18.9. The molecular formula is C53H58. The summed E-state index contributed by atoms with van der Waals surface area (Å²) in [6.07, 6.45) is 1.14. The third-order valence-corrected chi connectivity index (χ3v) is 9.48. The van der Waals surface area contributed by atoms with Gasteiger partial charge >= 0.3 is 0 Å². The van der Waals surface area contributed by atoms with Crippen molar-refractivity contribution in [2.24, 2.45) is 0 Å². The fourth-order valence-electron chi connectivity index (χ4n) is 6.05. The van der Waals surface area contributed by atoms with Gasteiger partial charge in [0.1, 0.15) is 0 Å². The maximum atomic E-state index is 2.33. The molecule has 8 rings (SSSR count). The van der Waals surface area contributed by atoms with E-state index in [1.165, 1.54) is 88.0 Å². The first-order valence-corrected chi connectivity index (χ1v) is 18.9. The SMILES string of the molecule is CCc1ccc(C)cc1.Cc1cc2c3ccccc3c(C)cc2c2ccccc12.Cc1ccc(C)cc1.Cc1ccc(C)cc1.Cc1ccc(C)cc1. The predicted molar refractivity (Wildman–Crippen MR) is 237 cm³/mol. The van der Waals surface area contributed by atoms with Gasteiger partial charge in [0.25, 0.3) is 0 Å². The lowest BCUT2D eigenvalue weighted by Gasteiger charge is -2.12. The van der Waals surface area contributed by atoms with Gasteiger partial charge in [-0.25, -0.2) is 0 Å². The van der Waals surface area contributed by atoms with Crippen molar-refractivity contribution in [1.29, 1.82) is 0 Å². The van der Waals surface area contributed by atoms with E-state index in [2.05, 4.69) is 227 Å². The van der Waals surface area contributed by atoms with Crippen molar-refractivity contribution in [2.45, 2.75) is 75.7 Å². The molecule has 0 aliphatic carbocycles. The number of hydrogen-bond donors (Lipinski definition) is 0. The molecule has 0 saturated carbocycles. The Hall–Kier alpha value is -5.46. The number of aryl methyl sites for hydroxylation is 10. The summed E-state index contributed by atoms with van der Waals surface area (Å²) < 4.78 is 0. The molecule has 0 aromatic heterocycles. The van der Waals surface area contributed by atoms with Crippen molar-refractivity contribution in [1.82, 2.24) is 0 Å². The molecular weight excluding hydrogens is 637 g/mol. The smallest absolute Gasteiger partial charge is 0.00961 e. The lowest BCUT2D eigenvalue weighted by atomic mass is 9.92. The molecule has 0 nitrogen and oxygen atoms in total. The van der Waals surface area contributed by atoms with Gasteiger partial charge in [0.2, 0.25) is 0 Å². The van der Waals surface area contributed by atoms with Crippen LogP contribution in [0.2, 0.25) is 0 Å². The third kappa shape index (κ3) is 12.3. The number of benzene rings is 8. The number of rotatable bonds is 1. The molecule has 0 amide bonds. The second-order valence-corrected chi connectivity index (χ2v) is 14.4. The average Bonchev–Trinajstić information content (AvgIpc) is 3.17. The quantitative estimate of drug-likeness (QED) is 0.150. The zero-order valence-electron chi connectivity index (χ0n) is 33.7. The summed E-state index contributed by atoms with van der Waals surface area (Å²) in [6, 6.07) is 56.2. The van der Waals surface area contributed by atoms with Crippen LogP contribution in [0.4, 0.5) is 0 Å². The monoisotopic (exact) mass is 694 g/mol. The van der Waals surface area contributed by atoms with Crippen LogP contribution >= 0.6 is 0 Å². The van der Waals surface area contributed by atoms with E-state index in [4.69, 9.17) is 0 Å². The molecule has 0 spiro atoms. The van der Waals surface area contributed by atoms with Gasteiger partial charge < -0.3 is 0 Å². The summed E-state index contributed by atoms with van der Waals surface area (Å²) in [5.74, 6) is 0. The van der Waals surface area contributed by atoms with Gasteiger partial charge in [-0.2, -0.15) is 0 Å². The minimum Gasteiger partial charge on any atom is -0.0616 e. The van der Waals surface area contributed by atoms with Crippen molar-refractivity contribution < 1.29 is 0 Å². The van der Waals surface area contributed by atoms with Crippen LogP contribution in [0.5, 0.6) is 0 Å². The highest BCUT2D eigenvalue weighted by Gasteiger charge is 2.08. The van der Waals surface area contributed by atoms with Crippen molar-refractivity contribution in [2.75, 3.05) is 0 Å². The van der Waals surface area contributed by atoms with Gasteiger partial charge in [0, 0.05) is 0 Å². The minimum atomic E-state index is 1.14. The van der Waals surface area contributed by atoms with Crippen molar-refractivity contribution in [3.05, 3.63) is 213 Å². The zero-order valence-corrected chi connectivity index (χ0v) is 33.7. The Bertz CT molecular complexity index is 2060. The molecule has 0 fully saturated rings. The molecule has 8 aromatic rings.